The normalized spacial score (nSPS) is 17.4. The van der Waals surface area contributed by atoms with Crippen LogP contribution in [0.3, 0.4) is 0 Å². The topological polar surface area (TPSA) is 59.6 Å². The molecule has 1 aliphatic heterocycles. The van der Waals surface area contributed by atoms with Crippen molar-refractivity contribution in [3.63, 3.8) is 0 Å². The quantitative estimate of drug-likeness (QED) is 0.878. The number of rotatable bonds is 4. The van der Waals surface area contributed by atoms with Crippen LogP contribution >= 0.6 is 0 Å². The predicted molar refractivity (Wildman–Crippen MR) is 77.5 cm³/mol. The van der Waals surface area contributed by atoms with Gasteiger partial charge in [-0.15, -0.1) is 0 Å². The predicted octanol–water partition coefficient (Wildman–Crippen LogP) is 1.58. The van der Waals surface area contributed by atoms with Gasteiger partial charge in [0.1, 0.15) is 11.5 Å². The zero-order valence-electron chi connectivity index (χ0n) is 12.3. The van der Waals surface area contributed by atoms with Crippen molar-refractivity contribution >= 4 is 5.91 Å². The summed E-state index contributed by atoms with van der Waals surface area (Å²) in [7, 11) is 3.14. The van der Waals surface area contributed by atoms with Gasteiger partial charge in [0, 0.05) is 11.6 Å². The molecule has 5 heteroatoms. The minimum Gasteiger partial charge on any atom is -0.497 e. The minimum atomic E-state index is -0.159. The lowest BCUT2D eigenvalue weighted by Gasteiger charge is -2.35. The molecule has 0 saturated carbocycles. The fourth-order valence-electron chi connectivity index (χ4n) is 2.43. The smallest absolute Gasteiger partial charge is 0.255 e. The van der Waals surface area contributed by atoms with E-state index in [9.17, 15) is 4.79 Å². The molecule has 110 valence electrons. The molecule has 0 spiro atoms. The average Bonchev–Trinajstić information content (AvgIpc) is 2.46. The summed E-state index contributed by atoms with van der Waals surface area (Å²) in [5.74, 6) is 1.10. The number of ether oxygens (including phenoxy) is 2. The van der Waals surface area contributed by atoms with Gasteiger partial charge in [0.05, 0.1) is 19.8 Å². The molecule has 1 fully saturated rings. The fourth-order valence-corrected chi connectivity index (χ4v) is 2.43. The highest BCUT2D eigenvalue weighted by molar-refractivity contribution is 5.97. The molecule has 0 aromatic heterocycles. The molecule has 1 aromatic rings. The molecule has 20 heavy (non-hydrogen) atoms. The first-order valence-corrected chi connectivity index (χ1v) is 6.83. The van der Waals surface area contributed by atoms with Crippen LogP contribution in [0.2, 0.25) is 0 Å². The van der Waals surface area contributed by atoms with Crippen LogP contribution < -0.4 is 20.1 Å². The Morgan fingerprint density at radius 2 is 1.95 bits per heavy atom. The van der Waals surface area contributed by atoms with Gasteiger partial charge >= 0.3 is 0 Å². The van der Waals surface area contributed by atoms with Crippen LogP contribution in [0.4, 0.5) is 0 Å². The van der Waals surface area contributed by atoms with Gasteiger partial charge < -0.3 is 20.1 Å². The van der Waals surface area contributed by atoms with E-state index in [1.807, 2.05) is 0 Å². The average molecular weight is 278 g/mol. The Morgan fingerprint density at radius 3 is 2.55 bits per heavy atom. The number of carbonyl (C=O) groups excluding carboxylic acids is 1. The van der Waals surface area contributed by atoms with Gasteiger partial charge in [0.15, 0.2) is 0 Å². The van der Waals surface area contributed by atoms with Crippen LogP contribution in [0.15, 0.2) is 18.2 Å². The van der Waals surface area contributed by atoms with Crippen molar-refractivity contribution in [1.82, 2.24) is 10.6 Å². The van der Waals surface area contributed by atoms with E-state index in [4.69, 9.17) is 9.47 Å². The number of carbonyl (C=O) groups is 1. The lowest BCUT2D eigenvalue weighted by Crippen LogP contribution is -2.52. The van der Waals surface area contributed by atoms with Crippen molar-refractivity contribution in [3.05, 3.63) is 23.8 Å². The van der Waals surface area contributed by atoms with Gasteiger partial charge in [-0.1, -0.05) is 0 Å². The molecule has 0 unspecified atom stereocenters. The first kappa shape index (κ1) is 14.7. The third-order valence-corrected chi connectivity index (χ3v) is 3.78. The van der Waals surface area contributed by atoms with E-state index in [0.29, 0.717) is 17.1 Å². The molecule has 0 atom stereocenters. The molecule has 1 aromatic carbocycles. The number of methoxy groups -OCH3 is 2. The highest BCUT2D eigenvalue weighted by Crippen LogP contribution is 2.26. The summed E-state index contributed by atoms with van der Waals surface area (Å²) in [5.41, 5.74) is 0.376. The molecule has 1 aliphatic rings. The van der Waals surface area contributed by atoms with E-state index in [0.717, 1.165) is 25.9 Å². The zero-order valence-corrected chi connectivity index (χ0v) is 12.3. The molecule has 0 radical (unpaired) electrons. The van der Waals surface area contributed by atoms with Crippen LogP contribution in [-0.2, 0) is 0 Å². The zero-order chi connectivity index (χ0) is 14.6. The Hall–Kier alpha value is -1.75. The molecular formula is C15H22N2O3. The van der Waals surface area contributed by atoms with Crippen LogP contribution in [-0.4, -0.2) is 38.8 Å². The maximum Gasteiger partial charge on any atom is 0.255 e. The highest BCUT2D eigenvalue weighted by Gasteiger charge is 2.29. The number of hydrogen-bond donors (Lipinski definition) is 2. The molecule has 1 saturated heterocycles. The molecule has 2 N–H and O–H groups in total. The summed E-state index contributed by atoms with van der Waals surface area (Å²) >= 11 is 0. The third kappa shape index (κ3) is 3.22. The maximum absolute atomic E-state index is 12.4. The van der Waals surface area contributed by atoms with E-state index in [1.165, 1.54) is 0 Å². The Bertz CT molecular complexity index is 482. The largest absolute Gasteiger partial charge is 0.497 e. The van der Waals surface area contributed by atoms with E-state index in [1.54, 1.807) is 32.4 Å². The Kier molecular flexibility index (Phi) is 4.49. The Labute approximate surface area is 119 Å². The second kappa shape index (κ2) is 6.13. The molecule has 2 rings (SSSR count). The SMILES string of the molecule is COc1ccc(C(=O)NC2(C)CCNCC2)c(OC)c1. The monoisotopic (exact) mass is 278 g/mol. The van der Waals surface area contributed by atoms with E-state index in [2.05, 4.69) is 17.6 Å². The Morgan fingerprint density at radius 1 is 1.25 bits per heavy atom. The summed E-state index contributed by atoms with van der Waals surface area (Å²) in [5, 5.41) is 6.42. The molecule has 5 nitrogen and oxygen atoms in total. The molecular weight excluding hydrogens is 256 g/mol. The molecule has 0 bridgehead atoms. The third-order valence-electron chi connectivity index (χ3n) is 3.78. The summed E-state index contributed by atoms with van der Waals surface area (Å²) in [6.07, 6.45) is 1.86. The van der Waals surface area contributed by atoms with Crippen molar-refractivity contribution in [2.45, 2.75) is 25.3 Å². The first-order valence-electron chi connectivity index (χ1n) is 6.83. The van der Waals surface area contributed by atoms with Crippen LogP contribution in [0.25, 0.3) is 0 Å². The van der Waals surface area contributed by atoms with E-state index in [-0.39, 0.29) is 11.4 Å². The number of hydrogen-bond acceptors (Lipinski definition) is 4. The van der Waals surface area contributed by atoms with Gasteiger partial charge in [-0.2, -0.15) is 0 Å². The lowest BCUT2D eigenvalue weighted by molar-refractivity contribution is 0.0884. The van der Waals surface area contributed by atoms with E-state index >= 15 is 0 Å². The molecule has 1 heterocycles. The van der Waals surface area contributed by atoms with E-state index < -0.39 is 0 Å². The van der Waals surface area contributed by atoms with Crippen LogP contribution in [0, 0.1) is 0 Å². The van der Waals surface area contributed by atoms with Gasteiger partial charge in [-0.3, -0.25) is 4.79 Å². The van der Waals surface area contributed by atoms with Crippen molar-refractivity contribution < 1.29 is 14.3 Å². The van der Waals surface area contributed by atoms with Crippen LogP contribution in [0.5, 0.6) is 11.5 Å². The van der Waals surface area contributed by atoms with Gasteiger partial charge in [0.2, 0.25) is 0 Å². The summed E-state index contributed by atoms with van der Waals surface area (Å²) in [6, 6.07) is 5.22. The standard InChI is InChI=1S/C15H22N2O3/c1-15(6-8-16-9-7-15)17-14(18)12-5-4-11(19-2)10-13(12)20-3/h4-5,10,16H,6-9H2,1-3H3,(H,17,18). The maximum atomic E-state index is 12.4. The number of amides is 1. The van der Waals surface area contributed by atoms with Gasteiger partial charge in [-0.05, 0) is 45.0 Å². The Balaban J connectivity index is 2.16. The van der Waals surface area contributed by atoms with Gasteiger partial charge in [-0.25, -0.2) is 0 Å². The van der Waals surface area contributed by atoms with Crippen molar-refractivity contribution in [3.8, 4) is 11.5 Å². The van der Waals surface area contributed by atoms with Crippen molar-refractivity contribution in [2.75, 3.05) is 27.3 Å². The molecule has 1 amide bonds. The van der Waals surface area contributed by atoms with Gasteiger partial charge in [0.25, 0.3) is 5.91 Å². The van der Waals surface area contributed by atoms with Crippen LogP contribution in [0.1, 0.15) is 30.1 Å². The fraction of sp³-hybridized carbons (Fsp3) is 0.533. The minimum absolute atomic E-state index is 0.103. The summed E-state index contributed by atoms with van der Waals surface area (Å²) < 4.78 is 10.4. The summed E-state index contributed by atoms with van der Waals surface area (Å²) in [6.45, 7) is 3.94. The number of piperidine rings is 1. The first-order chi connectivity index (χ1) is 9.58. The van der Waals surface area contributed by atoms with Crippen molar-refractivity contribution in [1.29, 1.82) is 0 Å². The highest BCUT2D eigenvalue weighted by atomic mass is 16.5. The lowest BCUT2D eigenvalue weighted by atomic mass is 9.90. The molecule has 0 aliphatic carbocycles. The number of benzene rings is 1. The second-order valence-electron chi connectivity index (χ2n) is 5.33. The number of nitrogens with one attached hydrogen (secondary N) is 2. The van der Waals surface area contributed by atoms with Crippen molar-refractivity contribution in [2.24, 2.45) is 0 Å². The summed E-state index contributed by atoms with van der Waals surface area (Å²) in [4.78, 5) is 12.4. The second-order valence-corrected chi connectivity index (χ2v) is 5.33.